The zero-order chi connectivity index (χ0) is 25.2. The van der Waals surface area contributed by atoms with Gasteiger partial charge in [0.1, 0.15) is 6.10 Å². The second-order valence-corrected chi connectivity index (χ2v) is 8.57. The maximum absolute atomic E-state index is 13.4. The molecular formula is C24H22N4O7. The number of aromatic hydroxyl groups is 2. The molecule has 0 spiro atoms. The zero-order valence-electron chi connectivity index (χ0n) is 19.2. The van der Waals surface area contributed by atoms with Crippen molar-refractivity contribution in [2.45, 2.75) is 19.6 Å². The van der Waals surface area contributed by atoms with Crippen molar-refractivity contribution in [3.8, 4) is 22.8 Å². The van der Waals surface area contributed by atoms with Crippen molar-refractivity contribution in [3.05, 3.63) is 84.2 Å². The number of phenols is 2. The van der Waals surface area contributed by atoms with Gasteiger partial charge in [0, 0.05) is 37.8 Å². The second kappa shape index (κ2) is 7.84. The van der Waals surface area contributed by atoms with Crippen LogP contribution in [0.1, 0.15) is 22.9 Å². The van der Waals surface area contributed by atoms with E-state index >= 15 is 0 Å². The number of nitrogens with zero attached hydrogens (tertiary/aromatic N) is 4. The highest BCUT2D eigenvalue weighted by molar-refractivity contribution is 5.97. The highest BCUT2D eigenvalue weighted by Gasteiger charge is 2.33. The van der Waals surface area contributed by atoms with Crippen LogP contribution < -0.4 is 11.2 Å². The molecule has 0 saturated heterocycles. The Balaban J connectivity index is 1.93. The number of rotatable bonds is 3. The molecule has 0 fully saturated rings. The molecule has 1 aliphatic rings. The molecule has 5 rings (SSSR count). The van der Waals surface area contributed by atoms with Crippen LogP contribution in [0, 0.1) is 17.0 Å². The van der Waals surface area contributed by atoms with Crippen LogP contribution in [0.5, 0.6) is 11.5 Å². The molecule has 1 aliphatic heterocycles. The Hall–Kier alpha value is -4.38. The van der Waals surface area contributed by atoms with Crippen LogP contribution in [0.15, 0.2) is 46.0 Å². The summed E-state index contributed by atoms with van der Waals surface area (Å²) in [5.41, 5.74) is 1.60. The third-order valence-electron chi connectivity index (χ3n) is 6.53. The smallest absolute Gasteiger partial charge is 0.331 e. The van der Waals surface area contributed by atoms with E-state index in [1.54, 1.807) is 32.2 Å². The summed E-state index contributed by atoms with van der Waals surface area (Å²) in [5.74, 6) is -0.628. The van der Waals surface area contributed by atoms with Gasteiger partial charge in [-0.1, -0.05) is 18.2 Å². The molecule has 2 aromatic carbocycles. The van der Waals surface area contributed by atoms with Crippen molar-refractivity contribution in [2.24, 2.45) is 14.1 Å². The predicted molar refractivity (Wildman–Crippen MR) is 127 cm³/mol. The molecule has 0 amide bonds. The molecular weight excluding hydrogens is 456 g/mol. The van der Waals surface area contributed by atoms with Crippen LogP contribution >= 0.6 is 0 Å². The molecule has 1 atom stereocenters. The molecule has 11 nitrogen and oxygen atoms in total. The molecule has 0 radical (unpaired) electrons. The SMILES string of the molecule is Cc1ccc(-c2c3c(=O)n(C)c(=O)n(C)c3c3n2CCO[C@H]3c2ccc(O)c(O)c2)cc1[N+](=O)[O-]. The predicted octanol–water partition coefficient (Wildman–Crippen LogP) is 2.45. The fourth-order valence-electron chi connectivity index (χ4n) is 4.79. The lowest BCUT2D eigenvalue weighted by Gasteiger charge is -2.28. The maximum atomic E-state index is 13.4. The summed E-state index contributed by atoms with van der Waals surface area (Å²) < 4.78 is 10.2. The van der Waals surface area contributed by atoms with Crippen LogP contribution in [0.3, 0.4) is 0 Å². The van der Waals surface area contributed by atoms with Gasteiger partial charge >= 0.3 is 5.69 Å². The van der Waals surface area contributed by atoms with E-state index in [9.17, 15) is 29.9 Å². The molecule has 3 heterocycles. The maximum Gasteiger partial charge on any atom is 0.331 e. The summed E-state index contributed by atoms with van der Waals surface area (Å²) >= 11 is 0. The first-order valence-corrected chi connectivity index (χ1v) is 10.8. The Morgan fingerprint density at radius 3 is 2.49 bits per heavy atom. The zero-order valence-corrected chi connectivity index (χ0v) is 19.2. The molecule has 0 saturated carbocycles. The topological polar surface area (TPSA) is 142 Å². The van der Waals surface area contributed by atoms with E-state index in [-0.39, 0.29) is 29.2 Å². The van der Waals surface area contributed by atoms with Gasteiger partial charge in [0.25, 0.3) is 11.2 Å². The third-order valence-corrected chi connectivity index (χ3v) is 6.53. The largest absolute Gasteiger partial charge is 0.504 e. The van der Waals surface area contributed by atoms with Gasteiger partial charge in [0.2, 0.25) is 0 Å². The van der Waals surface area contributed by atoms with Gasteiger partial charge in [0.05, 0.1) is 33.8 Å². The molecule has 0 unspecified atom stereocenters. The first-order valence-electron chi connectivity index (χ1n) is 10.8. The Bertz CT molecular complexity index is 1660. The summed E-state index contributed by atoms with van der Waals surface area (Å²) in [6, 6.07) is 9.05. The number of hydrogen-bond acceptors (Lipinski definition) is 7. The Morgan fingerprint density at radius 1 is 1.06 bits per heavy atom. The Kier molecular flexibility index (Phi) is 5.02. The summed E-state index contributed by atoms with van der Waals surface area (Å²) in [6.07, 6.45) is -0.773. The first-order chi connectivity index (χ1) is 16.6. The van der Waals surface area contributed by atoms with Crippen molar-refractivity contribution >= 4 is 16.6 Å². The van der Waals surface area contributed by atoms with Crippen LogP contribution in [0.2, 0.25) is 0 Å². The van der Waals surface area contributed by atoms with E-state index in [0.717, 1.165) is 4.57 Å². The minimum atomic E-state index is -0.773. The van der Waals surface area contributed by atoms with Crippen LogP contribution in [0.25, 0.3) is 22.2 Å². The van der Waals surface area contributed by atoms with E-state index < -0.39 is 22.3 Å². The van der Waals surface area contributed by atoms with Crippen molar-refractivity contribution in [3.63, 3.8) is 0 Å². The van der Waals surface area contributed by atoms with Crippen molar-refractivity contribution in [1.82, 2.24) is 13.7 Å². The normalized spacial score (nSPS) is 15.3. The Labute approximate surface area is 197 Å². The van der Waals surface area contributed by atoms with Gasteiger partial charge in [-0.3, -0.25) is 24.0 Å². The minimum absolute atomic E-state index is 0.0834. The van der Waals surface area contributed by atoms with Crippen molar-refractivity contribution in [2.75, 3.05) is 6.61 Å². The summed E-state index contributed by atoms with van der Waals surface area (Å²) in [4.78, 5) is 37.5. The van der Waals surface area contributed by atoms with Gasteiger partial charge in [-0.15, -0.1) is 0 Å². The van der Waals surface area contributed by atoms with Gasteiger partial charge in [0.15, 0.2) is 11.5 Å². The fourth-order valence-corrected chi connectivity index (χ4v) is 4.79. The quantitative estimate of drug-likeness (QED) is 0.262. The number of nitro groups is 1. The van der Waals surface area contributed by atoms with Crippen molar-refractivity contribution in [1.29, 1.82) is 0 Å². The molecule has 0 bridgehead atoms. The summed E-state index contributed by atoms with van der Waals surface area (Å²) in [6.45, 7) is 2.21. The van der Waals surface area contributed by atoms with Gasteiger partial charge in [-0.05, 0) is 24.6 Å². The first kappa shape index (κ1) is 22.4. The lowest BCUT2D eigenvalue weighted by molar-refractivity contribution is -0.385. The number of hydrogen-bond donors (Lipinski definition) is 2. The average Bonchev–Trinajstić information content (AvgIpc) is 3.19. The number of phenolic OH excluding ortho intramolecular Hbond substituents is 2. The van der Waals surface area contributed by atoms with E-state index in [1.807, 2.05) is 4.57 Å². The summed E-state index contributed by atoms with van der Waals surface area (Å²) in [5, 5.41) is 31.7. The van der Waals surface area contributed by atoms with Crippen molar-refractivity contribution < 1.29 is 19.9 Å². The van der Waals surface area contributed by atoms with Gasteiger partial charge in [-0.2, -0.15) is 0 Å². The molecule has 4 aromatic rings. The lowest BCUT2D eigenvalue weighted by atomic mass is 10.0. The third kappa shape index (κ3) is 3.23. The highest BCUT2D eigenvalue weighted by Crippen LogP contribution is 2.42. The fraction of sp³-hybridized carbons (Fsp3) is 0.250. The number of nitro benzene ring substituents is 1. The van der Waals surface area contributed by atoms with E-state index in [1.165, 1.54) is 29.8 Å². The van der Waals surface area contributed by atoms with E-state index in [4.69, 9.17) is 4.74 Å². The molecule has 180 valence electrons. The van der Waals surface area contributed by atoms with Gasteiger partial charge < -0.3 is 19.5 Å². The van der Waals surface area contributed by atoms with Crippen LogP contribution in [-0.4, -0.2) is 35.4 Å². The monoisotopic (exact) mass is 478 g/mol. The number of ether oxygens (including phenoxy) is 1. The number of benzene rings is 2. The molecule has 2 N–H and O–H groups in total. The van der Waals surface area contributed by atoms with Gasteiger partial charge in [-0.25, -0.2) is 4.79 Å². The second-order valence-electron chi connectivity index (χ2n) is 8.57. The average molecular weight is 478 g/mol. The molecule has 35 heavy (non-hydrogen) atoms. The Morgan fingerprint density at radius 2 is 1.80 bits per heavy atom. The number of aryl methyl sites for hydroxylation is 2. The lowest BCUT2D eigenvalue weighted by Crippen LogP contribution is -2.37. The standard InChI is InChI=1S/C24H22N4O7/c1-12-4-5-13(10-15(12)28(33)34)19-18-20(25(2)24(32)26(3)23(18)31)21-22(35-9-8-27(19)21)14-6-7-16(29)17(30)11-14/h4-7,10-11,22,29-30H,8-9H2,1-3H3/t22-/m0/s1. The molecule has 2 aromatic heterocycles. The van der Waals surface area contributed by atoms with E-state index in [2.05, 4.69) is 0 Å². The van der Waals surface area contributed by atoms with Crippen LogP contribution in [-0.2, 0) is 25.4 Å². The molecule has 0 aliphatic carbocycles. The number of fused-ring (bicyclic) bond motifs is 3. The highest BCUT2D eigenvalue weighted by atomic mass is 16.6. The minimum Gasteiger partial charge on any atom is -0.504 e. The summed E-state index contributed by atoms with van der Waals surface area (Å²) in [7, 11) is 2.93. The van der Waals surface area contributed by atoms with E-state index in [0.29, 0.717) is 40.1 Å². The number of aromatic nitrogens is 3. The van der Waals surface area contributed by atoms with Crippen LogP contribution in [0.4, 0.5) is 5.69 Å². The molecule has 11 heteroatoms.